The van der Waals surface area contributed by atoms with Crippen molar-refractivity contribution in [3.05, 3.63) is 12.7 Å². The molecule has 0 saturated heterocycles. The van der Waals surface area contributed by atoms with Crippen LogP contribution in [0.3, 0.4) is 0 Å². The fraction of sp³-hybridized carbons (Fsp3) is 0.727. The largest absolute Gasteiger partial charge is 0.298 e. The maximum absolute atomic E-state index is 11.7. The Morgan fingerprint density at radius 3 is 2.50 bits per heavy atom. The van der Waals surface area contributed by atoms with Crippen LogP contribution >= 0.6 is 0 Å². The lowest BCUT2D eigenvalue weighted by Crippen LogP contribution is -2.48. The smallest absolute Gasteiger partial charge is 0.145 e. The number of allylic oxidation sites excluding steroid dienone is 1. The van der Waals surface area contributed by atoms with E-state index in [1.165, 1.54) is 19.3 Å². The van der Waals surface area contributed by atoms with Gasteiger partial charge in [0.15, 0.2) is 0 Å². The first-order chi connectivity index (χ1) is 5.78. The first kappa shape index (κ1) is 8.03. The minimum atomic E-state index is 0.122. The predicted molar refractivity (Wildman–Crippen MR) is 48.8 cm³/mol. The average Bonchev–Trinajstić information content (AvgIpc) is 2.15. The van der Waals surface area contributed by atoms with E-state index >= 15 is 0 Å². The van der Waals surface area contributed by atoms with Crippen molar-refractivity contribution in [3.8, 4) is 0 Å². The van der Waals surface area contributed by atoms with Gasteiger partial charge in [0.1, 0.15) is 5.78 Å². The van der Waals surface area contributed by atoms with Gasteiger partial charge in [0.25, 0.3) is 0 Å². The van der Waals surface area contributed by atoms with Gasteiger partial charge in [-0.2, -0.15) is 0 Å². The van der Waals surface area contributed by atoms with Crippen LogP contribution in [0.25, 0.3) is 0 Å². The number of carbonyl (C=O) groups excluding carboxylic acids is 1. The van der Waals surface area contributed by atoms with Crippen molar-refractivity contribution >= 4 is 5.78 Å². The predicted octanol–water partition coefficient (Wildman–Crippen LogP) is 2.71. The lowest BCUT2D eigenvalue weighted by Gasteiger charge is -2.47. The van der Waals surface area contributed by atoms with Crippen molar-refractivity contribution in [2.24, 2.45) is 11.3 Å². The lowest BCUT2D eigenvalue weighted by atomic mass is 9.55. The molecule has 1 nitrogen and oxygen atoms in total. The second kappa shape index (κ2) is 2.72. The molecule has 0 heterocycles. The summed E-state index contributed by atoms with van der Waals surface area (Å²) in [5, 5.41) is 0. The normalized spacial score (nSPS) is 33.0. The van der Waals surface area contributed by atoms with Crippen LogP contribution in [-0.2, 0) is 4.79 Å². The van der Waals surface area contributed by atoms with Gasteiger partial charge in [-0.15, -0.1) is 6.58 Å². The summed E-state index contributed by atoms with van der Waals surface area (Å²) in [5.41, 5.74) is 0.122. The first-order valence-corrected chi connectivity index (χ1v) is 4.95. The van der Waals surface area contributed by atoms with Gasteiger partial charge in [-0.1, -0.05) is 25.3 Å². The van der Waals surface area contributed by atoms with Crippen LogP contribution in [-0.4, -0.2) is 5.78 Å². The maximum Gasteiger partial charge on any atom is 0.145 e. The van der Waals surface area contributed by atoms with Gasteiger partial charge in [0, 0.05) is 11.3 Å². The van der Waals surface area contributed by atoms with Crippen LogP contribution in [0.2, 0.25) is 0 Å². The molecular formula is C11H16O. The van der Waals surface area contributed by atoms with Crippen molar-refractivity contribution < 1.29 is 4.79 Å². The summed E-state index contributed by atoms with van der Waals surface area (Å²) in [6.45, 7) is 3.69. The Labute approximate surface area is 73.8 Å². The highest BCUT2D eigenvalue weighted by Gasteiger charge is 2.51. The molecule has 2 rings (SSSR count). The third-order valence-electron chi connectivity index (χ3n) is 3.57. The van der Waals surface area contributed by atoms with Gasteiger partial charge >= 0.3 is 0 Å². The minimum Gasteiger partial charge on any atom is -0.298 e. The average molecular weight is 164 g/mol. The zero-order valence-electron chi connectivity index (χ0n) is 7.51. The SMILES string of the molecule is C=CC1CC2(CCCCC2)C1=O. The third-order valence-corrected chi connectivity index (χ3v) is 3.57. The zero-order valence-corrected chi connectivity index (χ0v) is 7.51. The van der Waals surface area contributed by atoms with Crippen molar-refractivity contribution in [1.29, 1.82) is 0 Å². The van der Waals surface area contributed by atoms with Crippen molar-refractivity contribution in [2.45, 2.75) is 38.5 Å². The summed E-state index contributed by atoms with van der Waals surface area (Å²) >= 11 is 0. The van der Waals surface area contributed by atoms with Gasteiger partial charge in [-0.25, -0.2) is 0 Å². The Hall–Kier alpha value is -0.590. The van der Waals surface area contributed by atoms with Crippen molar-refractivity contribution in [2.75, 3.05) is 0 Å². The molecule has 2 fully saturated rings. The second-order valence-electron chi connectivity index (χ2n) is 4.25. The molecular weight excluding hydrogens is 148 g/mol. The monoisotopic (exact) mass is 164 g/mol. The molecule has 2 aliphatic rings. The number of hydrogen-bond donors (Lipinski definition) is 0. The standard InChI is InChI=1S/C11H16O/c1-2-9-8-11(10(9)12)6-4-3-5-7-11/h2,9H,1,3-8H2. The topological polar surface area (TPSA) is 17.1 Å². The van der Waals surface area contributed by atoms with Gasteiger partial charge in [0.05, 0.1) is 0 Å². The van der Waals surface area contributed by atoms with Gasteiger partial charge in [-0.05, 0) is 19.3 Å². The highest BCUT2D eigenvalue weighted by molar-refractivity contribution is 5.94. The molecule has 0 aromatic carbocycles. The van der Waals surface area contributed by atoms with Crippen LogP contribution in [0.5, 0.6) is 0 Å². The van der Waals surface area contributed by atoms with Crippen LogP contribution in [0.4, 0.5) is 0 Å². The minimum absolute atomic E-state index is 0.122. The molecule has 0 aromatic heterocycles. The Kier molecular flexibility index (Phi) is 1.82. The van der Waals surface area contributed by atoms with Crippen LogP contribution in [0, 0.1) is 11.3 Å². The molecule has 2 aliphatic carbocycles. The number of rotatable bonds is 1. The molecule has 1 heteroatoms. The van der Waals surface area contributed by atoms with Crippen LogP contribution in [0.15, 0.2) is 12.7 Å². The molecule has 0 aliphatic heterocycles. The Morgan fingerprint density at radius 2 is 2.00 bits per heavy atom. The Morgan fingerprint density at radius 1 is 1.33 bits per heavy atom. The summed E-state index contributed by atoms with van der Waals surface area (Å²) in [6.07, 6.45) is 9.06. The molecule has 66 valence electrons. The summed E-state index contributed by atoms with van der Waals surface area (Å²) < 4.78 is 0. The Balaban J connectivity index is 2.05. The highest BCUT2D eigenvalue weighted by Crippen LogP contribution is 2.51. The van der Waals surface area contributed by atoms with E-state index in [0.29, 0.717) is 5.78 Å². The van der Waals surface area contributed by atoms with E-state index < -0.39 is 0 Å². The van der Waals surface area contributed by atoms with E-state index in [2.05, 4.69) is 6.58 Å². The van der Waals surface area contributed by atoms with Crippen LogP contribution < -0.4 is 0 Å². The fourth-order valence-electron chi connectivity index (χ4n) is 2.75. The number of carbonyl (C=O) groups is 1. The fourth-order valence-corrected chi connectivity index (χ4v) is 2.75. The van der Waals surface area contributed by atoms with E-state index in [9.17, 15) is 4.79 Å². The molecule has 2 saturated carbocycles. The van der Waals surface area contributed by atoms with Gasteiger partial charge < -0.3 is 0 Å². The zero-order chi connectivity index (χ0) is 8.60. The summed E-state index contributed by atoms with van der Waals surface area (Å²) in [5.74, 6) is 0.681. The molecule has 0 aromatic rings. The molecule has 0 radical (unpaired) electrons. The number of ketones is 1. The first-order valence-electron chi connectivity index (χ1n) is 4.95. The summed E-state index contributed by atoms with van der Waals surface area (Å²) in [7, 11) is 0. The van der Waals surface area contributed by atoms with E-state index in [0.717, 1.165) is 19.3 Å². The third kappa shape index (κ3) is 0.954. The summed E-state index contributed by atoms with van der Waals surface area (Å²) in [6, 6.07) is 0. The van der Waals surface area contributed by atoms with Gasteiger partial charge in [-0.3, -0.25) is 4.79 Å². The highest BCUT2D eigenvalue weighted by atomic mass is 16.1. The Bertz CT molecular complexity index is 211. The lowest BCUT2D eigenvalue weighted by molar-refractivity contribution is -0.146. The van der Waals surface area contributed by atoms with Crippen molar-refractivity contribution in [1.82, 2.24) is 0 Å². The molecule has 1 unspecified atom stereocenters. The molecule has 0 bridgehead atoms. The number of hydrogen-bond acceptors (Lipinski definition) is 1. The van der Waals surface area contributed by atoms with Crippen LogP contribution in [0.1, 0.15) is 38.5 Å². The molecule has 0 amide bonds. The molecule has 12 heavy (non-hydrogen) atoms. The number of Topliss-reactive ketones (excluding diaryl/α,β-unsaturated/α-hetero) is 1. The quantitative estimate of drug-likeness (QED) is 0.544. The molecule has 0 N–H and O–H groups in total. The van der Waals surface area contributed by atoms with E-state index in [4.69, 9.17) is 0 Å². The molecule has 1 spiro atoms. The molecule has 1 atom stereocenters. The van der Waals surface area contributed by atoms with Crippen molar-refractivity contribution in [3.63, 3.8) is 0 Å². The maximum atomic E-state index is 11.7. The van der Waals surface area contributed by atoms with E-state index in [1.807, 2.05) is 6.08 Å². The van der Waals surface area contributed by atoms with Gasteiger partial charge in [0.2, 0.25) is 0 Å². The van der Waals surface area contributed by atoms with E-state index in [1.54, 1.807) is 0 Å². The van der Waals surface area contributed by atoms with E-state index in [-0.39, 0.29) is 11.3 Å². The second-order valence-corrected chi connectivity index (χ2v) is 4.25. The summed E-state index contributed by atoms with van der Waals surface area (Å²) in [4.78, 5) is 11.7.